The van der Waals surface area contributed by atoms with E-state index in [1.807, 2.05) is 25.1 Å². The summed E-state index contributed by atoms with van der Waals surface area (Å²) >= 11 is 0. The van der Waals surface area contributed by atoms with Gasteiger partial charge in [0.05, 0.1) is 20.1 Å². The van der Waals surface area contributed by atoms with Crippen molar-refractivity contribution in [3.63, 3.8) is 0 Å². The molecule has 116 valence electrons. The Kier molecular flexibility index (Phi) is 5.44. The Morgan fingerprint density at radius 2 is 2.24 bits per heavy atom. The van der Waals surface area contributed by atoms with E-state index >= 15 is 0 Å². The third-order valence-electron chi connectivity index (χ3n) is 3.34. The predicted molar refractivity (Wildman–Crippen MR) is 81.6 cm³/mol. The first kappa shape index (κ1) is 15.6. The molecule has 0 heterocycles. The summed E-state index contributed by atoms with van der Waals surface area (Å²) in [4.78, 5) is 11.6. The van der Waals surface area contributed by atoms with Crippen molar-refractivity contribution < 1.29 is 14.3 Å². The van der Waals surface area contributed by atoms with Crippen LogP contribution in [0.2, 0.25) is 0 Å². The number of nitrogens with two attached hydrogens (primary N) is 1. The van der Waals surface area contributed by atoms with Crippen LogP contribution in [-0.2, 0) is 11.2 Å². The number of methoxy groups -OCH3 is 1. The molecule has 1 aliphatic carbocycles. The zero-order valence-corrected chi connectivity index (χ0v) is 12.7. The summed E-state index contributed by atoms with van der Waals surface area (Å²) in [6.45, 7) is 2.32. The van der Waals surface area contributed by atoms with Crippen LogP contribution in [0.3, 0.4) is 0 Å². The molecule has 1 atom stereocenters. The zero-order valence-electron chi connectivity index (χ0n) is 12.7. The lowest BCUT2D eigenvalue weighted by molar-refractivity contribution is -0.121. The largest absolute Gasteiger partial charge is 0.497 e. The average Bonchev–Trinajstić information content (AvgIpc) is 3.23. The van der Waals surface area contributed by atoms with Gasteiger partial charge in [0.25, 0.3) is 0 Å². The first-order chi connectivity index (χ1) is 10.1. The highest BCUT2D eigenvalue weighted by molar-refractivity contribution is 5.76. The molecule has 1 unspecified atom stereocenters. The Hall–Kier alpha value is -1.75. The number of rotatable bonds is 8. The SMILES string of the molecule is COc1ccc(OCCC(=O)NC2CC2)c(CC(C)N)c1. The van der Waals surface area contributed by atoms with Gasteiger partial charge in [-0.1, -0.05) is 0 Å². The van der Waals surface area contributed by atoms with Crippen LogP contribution in [0.1, 0.15) is 31.7 Å². The highest BCUT2D eigenvalue weighted by Crippen LogP contribution is 2.25. The van der Waals surface area contributed by atoms with Crippen LogP contribution in [0.5, 0.6) is 11.5 Å². The van der Waals surface area contributed by atoms with Crippen LogP contribution in [-0.4, -0.2) is 31.7 Å². The van der Waals surface area contributed by atoms with Crippen LogP contribution in [0.4, 0.5) is 0 Å². The van der Waals surface area contributed by atoms with Crippen molar-refractivity contribution in [1.82, 2.24) is 5.32 Å². The minimum Gasteiger partial charge on any atom is -0.497 e. The molecule has 1 aromatic rings. The van der Waals surface area contributed by atoms with Crippen molar-refractivity contribution in [1.29, 1.82) is 0 Å². The molecule has 0 aromatic heterocycles. The van der Waals surface area contributed by atoms with E-state index < -0.39 is 0 Å². The Balaban J connectivity index is 1.89. The van der Waals surface area contributed by atoms with Gasteiger partial charge in [-0.3, -0.25) is 4.79 Å². The molecule has 5 nitrogen and oxygen atoms in total. The Bertz CT molecular complexity index is 484. The molecule has 0 saturated heterocycles. The molecule has 1 aromatic carbocycles. The minimum absolute atomic E-state index is 0.0395. The fourth-order valence-electron chi connectivity index (χ4n) is 2.11. The average molecular weight is 292 g/mol. The van der Waals surface area contributed by atoms with Gasteiger partial charge in [0.2, 0.25) is 5.91 Å². The second-order valence-electron chi connectivity index (χ2n) is 5.60. The third-order valence-corrected chi connectivity index (χ3v) is 3.34. The maximum Gasteiger partial charge on any atom is 0.223 e. The Labute approximate surface area is 125 Å². The fraction of sp³-hybridized carbons (Fsp3) is 0.562. The number of amides is 1. The number of nitrogens with one attached hydrogen (secondary N) is 1. The number of carbonyl (C=O) groups excluding carboxylic acids is 1. The summed E-state index contributed by atoms with van der Waals surface area (Å²) in [5, 5.41) is 2.95. The molecule has 2 rings (SSSR count). The Morgan fingerprint density at radius 1 is 1.48 bits per heavy atom. The van der Waals surface area contributed by atoms with Crippen LogP contribution in [0.15, 0.2) is 18.2 Å². The second kappa shape index (κ2) is 7.31. The maximum absolute atomic E-state index is 11.6. The van der Waals surface area contributed by atoms with Gasteiger partial charge in [-0.25, -0.2) is 0 Å². The first-order valence-electron chi connectivity index (χ1n) is 7.43. The van der Waals surface area contributed by atoms with Gasteiger partial charge >= 0.3 is 0 Å². The maximum atomic E-state index is 11.6. The highest BCUT2D eigenvalue weighted by atomic mass is 16.5. The van der Waals surface area contributed by atoms with E-state index in [2.05, 4.69) is 5.32 Å². The second-order valence-corrected chi connectivity index (χ2v) is 5.60. The van der Waals surface area contributed by atoms with E-state index in [1.165, 1.54) is 0 Å². The number of hydrogen-bond donors (Lipinski definition) is 2. The van der Waals surface area contributed by atoms with Crippen molar-refractivity contribution in [3.8, 4) is 11.5 Å². The lowest BCUT2D eigenvalue weighted by Gasteiger charge is -2.14. The molecule has 1 saturated carbocycles. The molecule has 0 aliphatic heterocycles. The molecule has 0 spiro atoms. The van der Waals surface area contributed by atoms with Crippen molar-refractivity contribution in [2.45, 2.75) is 44.7 Å². The number of ether oxygens (including phenoxy) is 2. The summed E-state index contributed by atoms with van der Waals surface area (Å²) in [5.41, 5.74) is 6.87. The van der Waals surface area contributed by atoms with Gasteiger partial charge in [-0.15, -0.1) is 0 Å². The zero-order chi connectivity index (χ0) is 15.2. The number of benzene rings is 1. The van der Waals surface area contributed by atoms with Crippen LogP contribution in [0.25, 0.3) is 0 Å². The van der Waals surface area contributed by atoms with E-state index in [9.17, 15) is 4.79 Å². The minimum atomic E-state index is 0.0395. The summed E-state index contributed by atoms with van der Waals surface area (Å²) in [7, 11) is 1.63. The van der Waals surface area contributed by atoms with Gasteiger partial charge in [-0.05, 0) is 49.9 Å². The van der Waals surface area contributed by atoms with Gasteiger partial charge in [0.1, 0.15) is 11.5 Å². The molecule has 0 radical (unpaired) electrons. The van der Waals surface area contributed by atoms with Gasteiger partial charge in [0, 0.05) is 12.1 Å². The van der Waals surface area contributed by atoms with E-state index in [0.717, 1.165) is 29.9 Å². The molecule has 0 bridgehead atoms. The van der Waals surface area contributed by atoms with Crippen LogP contribution in [0, 0.1) is 0 Å². The van der Waals surface area contributed by atoms with Gasteiger partial charge < -0.3 is 20.5 Å². The van der Waals surface area contributed by atoms with Crippen LogP contribution >= 0.6 is 0 Å². The molecule has 1 fully saturated rings. The van der Waals surface area contributed by atoms with E-state index in [-0.39, 0.29) is 11.9 Å². The van der Waals surface area contributed by atoms with Gasteiger partial charge in [-0.2, -0.15) is 0 Å². The predicted octanol–water partition coefficient (Wildman–Crippen LogP) is 1.63. The standard InChI is InChI=1S/C16H24N2O3/c1-11(17)9-12-10-14(20-2)5-6-15(12)21-8-7-16(19)18-13-3-4-13/h5-6,10-11,13H,3-4,7-9,17H2,1-2H3,(H,18,19). The van der Waals surface area contributed by atoms with Gasteiger partial charge in [0.15, 0.2) is 0 Å². The molecule has 1 aliphatic rings. The third kappa shape index (κ3) is 5.27. The topological polar surface area (TPSA) is 73.6 Å². The molecular weight excluding hydrogens is 268 g/mol. The monoisotopic (exact) mass is 292 g/mol. The van der Waals surface area contributed by atoms with Crippen molar-refractivity contribution >= 4 is 5.91 Å². The van der Waals surface area contributed by atoms with E-state index in [4.69, 9.17) is 15.2 Å². The fourth-order valence-corrected chi connectivity index (χ4v) is 2.11. The first-order valence-corrected chi connectivity index (χ1v) is 7.43. The van der Waals surface area contributed by atoms with E-state index in [0.29, 0.717) is 25.5 Å². The lowest BCUT2D eigenvalue weighted by atomic mass is 10.1. The van der Waals surface area contributed by atoms with Crippen molar-refractivity contribution in [2.75, 3.05) is 13.7 Å². The molecular formula is C16H24N2O3. The summed E-state index contributed by atoms with van der Waals surface area (Å²) in [6.07, 6.45) is 3.29. The molecule has 3 N–H and O–H groups in total. The number of carbonyl (C=O) groups is 1. The number of hydrogen-bond acceptors (Lipinski definition) is 4. The summed E-state index contributed by atoms with van der Waals surface area (Å²) < 4.78 is 11.0. The lowest BCUT2D eigenvalue weighted by Crippen LogP contribution is -2.26. The Morgan fingerprint density at radius 3 is 2.86 bits per heavy atom. The summed E-state index contributed by atoms with van der Waals surface area (Å²) in [6, 6.07) is 6.09. The van der Waals surface area contributed by atoms with Crippen molar-refractivity contribution in [3.05, 3.63) is 23.8 Å². The normalized spacial score (nSPS) is 15.4. The summed E-state index contributed by atoms with van der Waals surface area (Å²) in [5.74, 6) is 1.61. The van der Waals surface area contributed by atoms with E-state index in [1.54, 1.807) is 7.11 Å². The molecule has 21 heavy (non-hydrogen) atoms. The highest BCUT2D eigenvalue weighted by Gasteiger charge is 2.22. The quantitative estimate of drug-likeness (QED) is 0.764. The molecule has 1 amide bonds. The molecule has 5 heteroatoms. The van der Waals surface area contributed by atoms with Crippen LogP contribution < -0.4 is 20.5 Å². The van der Waals surface area contributed by atoms with Crippen molar-refractivity contribution in [2.24, 2.45) is 5.73 Å². The smallest absolute Gasteiger partial charge is 0.223 e.